The molecule has 0 aliphatic heterocycles. The first kappa shape index (κ1) is 12.3. The Balaban J connectivity index is 3.80. The van der Waals surface area contributed by atoms with Crippen LogP contribution in [-0.4, -0.2) is 44.7 Å². The smallest absolute Gasteiger partial charge is 0.223 e. The molecule has 0 radical (unpaired) electrons. The van der Waals surface area contributed by atoms with Crippen molar-refractivity contribution in [1.29, 1.82) is 0 Å². The summed E-state index contributed by atoms with van der Waals surface area (Å²) in [5.74, 6) is 0. The third-order valence-corrected chi connectivity index (χ3v) is 4.58. The van der Waals surface area contributed by atoms with Gasteiger partial charge in [-0.1, -0.05) is 15.9 Å². The Hall–Kier alpha value is 0.350. The second kappa shape index (κ2) is 5.90. The van der Waals surface area contributed by atoms with Gasteiger partial charge in [0.25, 0.3) is 0 Å². The zero-order chi connectivity index (χ0) is 9.61. The Morgan fingerprint density at radius 3 is 2.50 bits per heavy atom. The van der Waals surface area contributed by atoms with Gasteiger partial charge in [-0.3, -0.25) is 0 Å². The summed E-state index contributed by atoms with van der Waals surface area (Å²) in [6.45, 7) is 1.09. The lowest BCUT2D eigenvalue weighted by molar-refractivity contribution is 0.189. The number of hydrogen-bond acceptors (Lipinski definition) is 3. The minimum absolute atomic E-state index is 0.0243. The number of rotatable bonds is 6. The normalized spacial score (nSPS) is 12.3. The van der Waals surface area contributed by atoms with Crippen molar-refractivity contribution in [1.82, 2.24) is 4.31 Å². The second-order valence-electron chi connectivity index (χ2n) is 2.39. The quantitative estimate of drug-likeness (QED) is 0.520. The van der Waals surface area contributed by atoms with Gasteiger partial charge in [0, 0.05) is 27.3 Å². The van der Waals surface area contributed by atoms with Crippen LogP contribution >= 0.6 is 15.9 Å². The highest BCUT2D eigenvalue weighted by atomic mass is 79.9. The van der Waals surface area contributed by atoms with Gasteiger partial charge in [0.1, 0.15) is 4.66 Å². The minimum atomic E-state index is -3.08. The molecule has 0 rings (SSSR count). The van der Waals surface area contributed by atoms with Crippen LogP contribution in [0.25, 0.3) is 0 Å². The first-order chi connectivity index (χ1) is 5.54. The van der Waals surface area contributed by atoms with Gasteiger partial charge >= 0.3 is 0 Å². The summed E-state index contributed by atoms with van der Waals surface area (Å²) in [4.78, 5) is 0. The summed E-state index contributed by atoms with van der Waals surface area (Å²) in [6.07, 6.45) is 0.721. The van der Waals surface area contributed by atoms with Crippen molar-refractivity contribution in [2.75, 3.05) is 32.0 Å². The Kier molecular flexibility index (Phi) is 6.08. The van der Waals surface area contributed by atoms with E-state index in [2.05, 4.69) is 15.9 Å². The van der Waals surface area contributed by atoms with Gasteiger partial charge in [-0.2, -0.15) is 0 Å². The molecule has 0 saturated heterocycles. The molecule has 0 bridgehead atoms. The minimum Gasteiger partial charge on any atom is -0.385 e. The maximum Gasteiger partial charge on any atom is 0.223 e. The maximum absolute atomic E-state index is 11.1. The first-order valence-corrected chi connectivity index (χ1v) is 6.26. The van der Waals surface area contributed by atoms with E-state index in [-0.39, 0.29) is 4.66 Å². The lowest BCUT2D eigenvalue weighted by Crippen LogP contribution is -2.29. The van der Waals surface area contributed by atoms with E-state index in [4.69, 9.17) is 4.74 Å². The lowest BCUT2D eigenvalue weighted by Gasteiger charge is -2.14. The average molecular weight is 260 g/mol. The molecule has 0 aliphatic carbocycles. The van der Waals surface area contributed by atoms with Crippen molar-refractivity contribution in [3.8, 4) is 0 Å². The maximum atomic E-state index is 11.1. The number of hydrogen-bond donors (Lipinski definition) is 0. The molecule has 0 amide bonds. The van der Waals surface area contributed by atoms with Crippen LogP contribution in [-0.2, 0) is 14.8 Å². The molecule has 12 heavy (non-hydrogen) atoms. The van der Waals surface area contributed by atoms with Crippen molar-refractivity contribution in [3.05, 3.63) is 0 Å². The summed E-state index contributed by atoms with van der Waals surface area (Å²) in [6, 6.07) is 0. The van der Waals surface area contributed by atoms with E-state index in [1.54, 1.807) is 14.2 Å². The third kappa shape index (κ3) is 4.39. The first-order valence-electron chi connectivity index (χ1n) is 3.53. The van der Waals surface area contributed by atoms with Gasteiger partial charge in [-0.05, 0) is 6.42 Å². The zero-order valence-electron chi connectivity index (χ0n) is 7.29. The number of methoxy groups -OCH3 is 1. The molecular weight excluding hydrogens is 246 g/mol. The van der Waals surface area contributed by atoms with Crippen LogP contribution in [0.5, 0.6) is 0 Å². The van der Waals surface area contributed by atoms with Gasteiger partial charge in [-0.15, -0.1) is 0 Å². The van der Waals surface area contributed by atoms with Crippen molar-refractivity contribution >= 4 is 26.0 Å². The third-order valence-electron chi connectivity index (χ3n) is 1.43. The molecule has 0 N–H and O–H groups in total. The molecule has 74 valence electrons. The van der Waals surface area contributed by atoms with E-state index >= 15 is 0 Å². The fourth-order valence-electron chi connectivity index (χ4n) is 0.654. The van der Waals surface area contributed by atoms with Gasteiger partial charge in [-0.25, -0.2) is 12.7 Å². The molecule has 0 aromatic rings. The monoisotopic (exact) mass is 259 g/mol. The largest absolute Gasteiger partial charge is 0.385 e. The molecular formula is C6H14BrNO3S. The van der Waals surface area contributed by atoms with E-state index in [1.165, 1.54) is 4.31 Å². The fraction of sp³-hybridized carbons (Fsp3) is 1.00. The average Bonchev–Trinajstić information content (AvgIpc) is 2.05. The molecule has 0 saturated carbocycles. The highest BCUT2D eigenvalue weighted by Gasteiger charge is 2.14. The van der Waals surface area contributed by atoms with Gasteiger partial charge in [0.2, 0.25) is 10.0 Å². The van der Waals surface area contributed by atoms with Gasteiger partial charge < -0.3 is 4.74 Å². The number of nitrogens with zero attached hydrogens (tertiary/aromatic N) is 1. The Labute approximate surface area is 82.1 Å². The van der Waals surface area contributed by atoms with Crippen molar-refractivity contribution in [2.24, 2.45) is 0 Å². The van der Waals surface area contributed by atoms with E-state index in [0.29, 0.717) is 13.2 Å². The summed E-state index contributed by atoms with van der Waals surface area (Å²) in [5.41, 5.74) is 0. The molecule has 6 heteroatoms. The van der Waals surface area contributed by atoms with Crippen LogP contribution in [0, 0.1) is 0 Å². The number of sulfonamides is 1. The number of alkyl halides is 1. The van der Waals surface area contributed by atoms with Crippen LogP contribution in [0.3, 0.4) is 0 Å². The van der Waals surface area contributed by atoms with E-state index < -0.39 is 10.0 Å². The lowest BCUT2D eigenvalue weighted by atomic mass is 10.5. The zero-order valence-corrected chi connectivity index (χ0v) is 9.69. The van der Waals surface area contributed by atoms with Gasteiger partial charge in [0.15, 0.2) is 0 Å². The van der Waals surface area contributed by atoms with E-state index in [0.717, 1.165) is 6.42 Å². The summed E-state index contributed by atoms with van der Waals surface area (Å²) in [5, 5.41) is 0. The van der Waals surface area contributed by atoms with Gasteiger partial charge in [0.05, 0.1) is 0 Å². The van der Waals surface area contributed by atoms with Crippen molar-refractivity contribution in [3.63, 3.8) is 0 Å². The highest BCUT2D eigenvalue weighted by molar-refractivity contribution is 9.10. The summed E-state index contributed by atoms with van der Waals surface area (Å²) in [7, 11) is 0.0738. The fourth-order valence-corrected chi connectivity index (χ4v) is 2.28. The molecule has 0 aliphatic rings. The van der Waals surface area contributed by atoms with Crippen LogP contribution in [0.15, 0.2) is 0 Å². The highest BCUT2D eigenvalue weighted by Crippen LogP contribution is 2.02. The summed E-state index contributed by atoms with van der Waals surface area (Å²) >= 11 is 2.92. The molecule has 0 atom stereocenters. The van der Waals surface area contributed by atoms with Crippen LogP contribution in [0.1, 0.15) is 6.42 Å². The van der Waals surface area contributed by atoms with Crippen molar-refractivity contribution in [2.45, 2.75) is 6.42 Å². The van der Waals surface area contributed by atoms with E-state index in [9.17, 15) is 8.42 Å². The molecule has 0 aromatic carbocycles. The topological polar surface area (TPSA) is 46.6 Å². The van der Waals surface area contributed by atoms with E-state index in [1.807, 2.05) is 0 Å². The second-order valence-corrected chi connectivity index (χ2v) is 5.77. The molecule has 0 aromatic heterocycles. The summed E-state index contributed by atoms with van der Waals surface area (Å²) < 4.78 is 28.4. The number of ether oxygens (including phenoxy) is 1. The predicted octanol–water partition coefficient (Wildman–Crippen LogP) is 0.637. The predicted molar refractivity (Wildman–Crippen MR) is 51.8 cm³/mol. The van der Waals surface area contributed by atoms with Crippen LogP contribution in [0.2, 0.25) is 0 Å². The van der Waals surface area contributed by atoms with Crippen LogP contribution < -0.4 is 0 Å². The molecule has 0 spiro atoms. The number of halogens is 1. The molecule has 0 unspecified atom stereocenters. The standard InChI is InChI=1S/C6H14BrNO3S/c1-8(4-3-5-11-2)12(9,10)6-7/h3-6H2,1-2H3. The molecule has 4 nitrogen and oxygen atoms in total. The molecule has 0 heterocycles. The Morgan fingerprint density at radius 1 is 1.50 bits per heavy atom. The SMILES string of the molecule is COCCCN(C)S(=O)(=O)CBr. The van der Waals surface area contributed by atoms with Crippen LogP contribution in [0.4, 0.5) is 0 Å². The Morgan fingerprint density at radius 2 is 2.08 bits per heavy atom. The Bertz CT molecular complexity index is 205. The van der Waals surface area contributed by atoms with Crippen molar-refractivity contribution < 1.29 is 13.2 Å². The molecule has 0 fully saturated rings.